The molecule has 4 aliphatic rings. The van der Waals surface area contributed by atoms with E-state index < -0.39 is 6.16 Å². The number of amides is 2. The fraction of sp³-hybridized carbons (Fsp3) is 0.559. The van der Waals surface area contributed by atoms with Crippen molar-refractivity contribution in [1.82, 2.24) is 9.80 Å². The van der Waals surface area contributed by atoms with Gasteiger partial charge in [0.1, 0.15) is 11.5 Å². The number of imide groups is 1. The summed E-state index contributed by atoms with van der Waals surface area (Å²) < 4.78 is 11.7. The lowest BCUT2D eigenvalue weighted by Crippen LogP contribution is -2.32. The average molecular weight is 593 g/mol. The molecule has 9 heteroatoms. The zero-order valence-electron chi connectivity index (χ0n) is 25.3. The first-order valence-corrected chi connectivity index (χ1v) is 15.6. The van der Waals surface area contributed by atoms with Crippen LogP contribution in [0.15, 0.2) is 36.4 Å². The molecular formula is C34H44N2O7. The van der Waals surface area contributed by atoms with Crippen molar-refractivity contribution in [3.8, 4) is 11.5 Å². The van der Waals surface area contributed by atoms with Crippen LogP contribution in [0.5, 0.6) is 11.5 Å². The number of methoxy groups -OCH3 is 1. The molecule has 0 bridgehead atoms. The summed E-state index contributed by atoms with van der Waals surface area (Å²) in [6, 6.07) is 13.8. The molecule has 0 radical (unpaired) electrons. The van der Waals surface area contributed by atoms with Gasteiger partial charge >= 0.3 is 6.16 Å². The molecule has 2 N–H and O–H groups in total. The van der Waals surface area contributed by atoms with Gasteiger partial charge in [0, 0.05) is 44.9 Å². The number of nitrogens with zero attached hydrogens (tertiary/aromatic N) is 2. The van der Waals surface area contributed by atoms with Crippen LogP contribution in [0, 0.1) is 11.8 Å². The quantitative estimate of drug-likeness (QED) is 0.311. The predicted octanol–water partition coefficient (Wildman–Crippen LogP) is 6.25. The molecule has 232 valence electrons. The first kappa shape index (κ1) is 30.9. The molecule has 2 aromatic carbocycles. The zero-order valence-corrected chi connectivity index (χ0v) is 25.3. The van der Waals surface area contributed by atoms with Crippen LogP contribution < -0.4 is 9.47 Å². The van der Waals surface area contributed by atoms with Crippen molar-refractivity contribution in [2.75, 3.05) is 26.8 Å². The van der Waals surface area contributed by atoms with E-state index in [2.05, 4.69) is 48.2 Å². The van der Waals surface area contributed by atoms with Crippen molar-refractivity contribution in [2.45, 2.75) is 83.2 Å². The summed E-state index contributed by atoms with van der Waals surface area (Å²) in [4.78, 5) is 36.9. The molecule has 9 nitrogen and oxygen atoms in total. The van der Waals surface area contributed by atoms with Crippen molar-refractivity contribution in [2.24, 2.45) is 11.8 Å². The van der Waals surface area contributed by atoms with Crippen molar-refractivity contribution in [1.29, 1.82) is 0 Å². The Balaban J connectivity index is 0.000000868. The van der Waals surface area contributed by atoms with Gasteiger partial charge in [-0.25, -0.2) is 4.79 Å². The van der Waals surface area contributed by atoms with Crippen LogP contribution in [-0.4, -0.2) is 64.8 Å². The summed E-state index contributed by atoms with van der Waals surface area (Å²) in [5.74, 6) is 3.37. The number of likely N-dealkylation sites (tertiary alicyclic amines) is 1. The number of benzene rings is 2. The van der Waals surface area contributed by atoms with E-state index in [1.807, 2.05) is 0 Å². The van der Waals surface area contributed by atoms with Crippen LogP contribution in [0.25, 0.3) is 0 Å². The highest BCUT2D eigenvalue weighted by molar-refractivity contribution is 6.01. The monoisotopic (exact) mass is 592 g/mol. The molecule has 3 atom stereocenters. The molecule has 1 unspecified atom stereocenters. The number of ether oxygens (including phenoxy) is 2. The van der Waals surface area contributed by atoms with E-state index >= 15 is 0 Å². The number of carboxylic acid groups (broad SMARTS) is 2. The van der Waals surface area contributed by atoms with Crippen LogP contribution in [0.4, 0.5) is 4.79 Å². The van der Waals surface area contributed by atoms with Gasteiger partial charge in [-0.3, -0.25) is 19.4 Å². The molecule has 3 fully saturated rings. The molecule has 2 amide bonds. The Morgan fingerprint density at radius 3 is 2.47 bits per heavy atom. The minimum Gasteiger partial charge on any atom is -0.496 e. The van der Waals surface area contributed by atoms with E-state index in [4.69, 9.17) is 24.5 Å². The molecular weight excluding hydrogens is 548 g/mol. The van der Waals surface area contributed by atoms with E-state index in [1.165, 1.54) is 59.3 Å². The van der Waals surface area contributed by atoms with Crippen molar-refractivity contribution in [3.63, 3.8) is 0 Å². The number of hydrogen-bond acceptors (Lipinski definition) is 6. The third kappa shape index (κ3) is 7.68. The maximum absolute atomic E-state index is 12.1. The second-order valence-corrected chi connectivity index (χ2v) is 12.4. The number of fused-ring (bicyclic) bond motifs is 1. The van der Waals surface area contributed by atoms with Gasteiger partial charge in [0.2, 0.25) is 11.8 Å². The normalized spacial score (nSPS) is 22.1. The first-order chi connectivity index (χ1) is 20.7. The Morgan fingerprint density at radius 2 is 1.77 bits per heavy atom. The molecule has 2 aromatic rings. The first-order valence-electron chi connectivity index (χ1n) is 15.6. The van der Waals surface area contributed by atoms with Crippen molar-refractivity contribution >= 4 is 18.0 Å². The van der Waals surface area contributed by atoms with E-state index in [1.54, 1.807) is 7.11 Å². The number of carbonyl (C=O) groups excluding carboxylic acids is 2. The van der Waals surface area contributed by atoms with Gasteiger partial charge < -0.3 is 19.7 Å². The molecule has 0 spiro atoms. The lowest BCUT2D eigenvalue weighted by molar-refractivity contribution is -0.138. The molecule has 2 aliphatic carbocycles. The highest BCUT2D eigenvalue weighted by Crippen LogP contribution is 2.51. The number of carbonyl (C=O) groups is 3. The smallest absolute Gasteiger partial charge is 0.496 e. The topological polar surface area (TPSA) is 117 Å². The highest BCUT2D eigenvalue weighted by atomic mass is 16.6. The Labute approximate surface area is 253 Å². The summed E-state index contributed by atoms with van der Waals surface area (Å²) in [7, 11) is 1.75. The molecule has 1 saturated heterocycles. The van der Waals surface area contributed by atoms with Crippen LogP contribution >= 0.6 is 0 Å². The third-order valence-electron chi connectivity index (χ3n) is 9.54. The van der Waals surface area contributed by atoms with Crippen LogP contribution in [0.1, 0.15) is 92.5 Å². The predicted molar refractivity (Wildman–Crippen MR) is 161 cm³/mol. The van der Waals surface area contributed by atoms with Gasteiger partial charge in [-0.05, 0) is 78.3 Å². The standard InChI is InChI=1S/C33H42N2O4.CH2O3/c1-22(25-9-11-30-26(17-25)14-15-39-30)34(19-23-6-4-3-5-7-23)20-24-8-10-28(31(16-24)38-2)29-18-27(29)21-35-32(36)12-13-33(35)37;2-1(3)4/h8-11,16-17,22-23,27,29H,3-7,12-15,18-21H2,1-2H3;(H2,2,3,4)/t22?,27-,29+;/m0./s1. The summed E-state index contributed by atoms with van der Waals surface area (Å²) in [6.45, 7) is 5.68. The van der Waals surface area contributed by atoms with Crippen molar-refractivity contribution in [3.05, 3.63) is 58.7 Å². The fourth-order valence-corrected chi connectivity index (χ4v) is 7.02. The molecule has 2 saturated carbocycles. The Morgan fingerprint density at radius 1 is 1.05 bits per heavy atom. The summed E-state index contributed by atoms with van der Waals surface area (Å²) in [6.07, 6.45) is 7.62. The number of rotatable bonds is 10. The summed E-state index contributed by atoms with van der Waals surface area (Å²) >= 11 is 0. The third-order valence-corrected chi connectivity index (χ3v) is 9.54. The Hall–Kier alpha value is -3.59. The molecule has 43 heavy (non-hydrogen) atoms. The van der Waals surface area contributed by atoms with E-state index in [9.17, 15) is 9.59 Å². The minimum absolute atomic E-state index is 0.0176. The van der Waals surface area contributed by atoms with Crippen LogP contribution in [0.3, 0.4) is 0 Å². The lowest BCUT2D eigenvalue weighted by Gasteiger charge is -2.34. The van der Waals surface area contributed by atoms with Gasteiger partial charge in [-0.1, -0.05) is 43.5 Å². The second-order valence-electron chi connectivity index (χ2n) is 12.4. The van der Waals surface area contributed by atoms with E-state index in [-0.39, 0.29) is 11.8 Å². The minimum atomic E-state index is -1.83. The van der Waals surface area contributed by atoms with E-state index in [0.29, 0.717) is 37.3 Å². The molecule has 6 rings (SSSR count). The Kier molecular flexibility index (Phi) is 9.90. The van der Waals surface area contributed by atoms with Gasteiger partial charge in [0.05, 0.1) is 13.7 Å². The largest absolute Gasteiger partial charge is 0.503 e. The molecule has 2 heterocycles. The summed E-state index contributed by atoms with van der Waals surface area (Å²) in [5, 5.41) is 13.9. The van der Waals surface area contributed by atoms with Crippen LogP contribution in [0.2, 0.25) is 0 Å². The Bertz CT molecular complexity index is 1300. The van der Waals surface area contributed by atoms with Gasteiger partial charge in [-0.15, -0.1) is 0 Å². The molecule has 2 aliphatic heterocycles. The van der Waals surface area contributed by atoms with Crippen LogP contribution in [-0.2, 0) is 22.6 Å². The van der Waals surface area contributed by atoms with E-state index in [0.717, 1.165) is 50.0 Å². The maximum Gasteiger partial charge on any atom is 0.503 e. The summed E-state index contributed by atoms with van der Waals surface area (Å²) in [5.41, 5.74) is 5.17. The SMILES string of the molecule is COc1cc(CN(CC2CCCCC2)C(C)c2ccc3c(c2)CCO3)ccc1[C@@H]1C[C@H]1CN1C(=O)CCC1=O.O=C(O)O. The number of hydrogen-bond donors (Lipinski definition) is 2. The second kappa shape index (κ2) is 13.8. The van der Waals surface area contributed by atoms with Gasteiger partial charge in [0.25, 0.3) is 0 Å². The maximum atomic E-state index is 12.1. The van der Waals surface area contributed by atoms with Crippen molar-refractivity contribution < 1.29 is 34.1 Å². The fourth-order valence-electron chi connectivity index (χ4n) is 7.02. The van der Waals surface area contributed by atoms with Gasteiger partial charge in [-0.2, -0.15) is 0 Å². The average Bonchev–Trinajstić information content (AvgIpc) is 3.47. The lowest BCUT2D eigenvalue weighted by atomic mass is 9.88. The zero-order chi connectivity index (χ0) is 30.5. The molecule has 0 aromatic heterocycles. The highest BCUT2D eigenvalue weighted by Gasteiger charge is 2.44. The van der Waals surface area contributed by atoms with Gasteiger partial charge in [0.15, 0.2) is 0 Å².